The molecule has 1 fully saturated rings. The van der Waals surface area contributed by atoms with Crippen LogP contribution >= 0.6 is 11.6 Å². The molecule has 0 heterocycles. The lowest BCUT2D eigenvalue weighted by atomic mass is 9.85. The van der Waals surface area contributed by atoms with Crippen LogP contribution in [0.25, 0.3) is 0 Å². The van der Waals surface area contributed by atoms with Gasteiger partial charge in [0.2, 0.25) is 0 Å². The Morgan fingerprint density at radius 3 is 2.76 bits per heavy atom. The van der Waals surface area contributed by atoms with Gasteiger partial charge in [-0.15, -0.1) is 0 Å². The highest BCUT2D eigenvalue weighted by atomic mass is 35.5. The number of nitrogens with zero attached hydrogens (tertiary/aromatic N) is 1. The Morgan fingerprint density at radius 1 is 1.53 bits per heavy atom. The highest BCUT2D eigenvalue weighted by Gasteiger charge is 2.22. The van der Waals surface area contributed by atoms with Crippen molar-refractivity contribution in [1.29, 1.82) is 0 Å². The van der Waals surface area contributed by atoms with Crippen molar-refractivity contribution in [2.45, 2.75) is 19.3 Å². The van der Waals surface area contributed by atoms with Crippen molar-refractivity contribution >= 4 is 23.3 Å². The molecule has 0 radical (unpaired) electrons. The fourth-order valence-corrected chi connectivity index (χ4v) is 2.55. The number of hydrogen-bond acceptors (Lipinski definition) is 2. The molecule has 3 nitrogen and oxygen atoms in total. The van der Waals surface area contributed by atoms with E-state index in [2.05, 4.69) is 0 Å². The normalized spacial score (nSPS) is 15.4. The van der Waals surface area contributed by atoms with Crippen molar-refractivity contribution in [3.63, 3.8) is 0 Å². The maximum absolute atomic E-state index is 11.2. The number of hydrogen-bond donors (Lipinski definition) is 1. The minimum atomic E-state index is -0.928. The average molecular weight is 254 g/mol. The number of carbonyl (C=O) groups is 1. The van der Waals surface area contributed by atoms with E-state index in [1.54, 1.807) is 18.2 Å². The zero-order valence-corrected chi connectivity index (χ0v) is 10.6. The molecular weight excluding hydrogens is 238 g/mol. The van der Waals surface area contributed by atoms with Gasteiger partial charge in [0.25, 0.3) is 0 Å². The second-order valence-corrected chi connectivity index (χ2v) is 5.03. The van der Waals surface area contributed by atoms with Gasteiger partial charge >= 0.3 is 5.97 Å². The van der Waals surface area contributed by atoms with E-state index >= 15 is 0 Å². The lowest BCUT2D eigenvalue weighted by Gasteiger charge is -2.32. The predicted octanol–water partition coefficient (Wildman–Crippen LogP) is 3.27. The molecule has 1 aliphatic rings. The zero-order valence-electron chi connectivity index (χ0n) is 9.82. The van der Waals surface area contributed by atoms with Gasteiger partial charge < -0.3 is 10.0 Å². The molecule has 0 aliphatic heterocycles. The van der Waals surface area contributed by atoms with Gasteiger partial charge in [0.05, 0.1) is 16.3 Å². The molecule has 2 rings (SSSR count). The number of benzene rings is 1. The Morgan fingerprint density at radius 2 is 2.24 bits per heavy atom. The minimum absolute atomic E-state index is 0.277. The summed E-state index contributed by atoms with van der Waals surface area (Å²) in [4.78, 5) is 13.1. The van der Waals surface area contributed by atoms with E-state index in [0.717, 1.165) is 6.54 Å². The Bertz CT molecular complexity index is 429. The predicted molar refractivity (Wildman–Crippen MR) is 69.0 cm³/mol. The van der Waals surface area contributed by atoms with E-state index in [1.807, 2.05) is 11.9 Å². The molecule has 0 amide bonds. The summed E-state index contributed by atoms with van der Waals surface area (Å²) in [7, 11) is 1.91. The first-order valence-electron chi connectivity index (χ1n) is 5.82. The summed E-state index contributed by atoms with van der Waals surface area (Å²) in [5.74, 6) is -0.249. The number of aromatic carboxylic acids is 1. The third-order valence-corrected chi connectivity index (χ3v) is 3.66. The molecule has 1 N–H and O–H groups in total. The van der Waals surface area contributed by atoms with Gasteiger partial charge in [0.15, 0.2) is 0 Å². The number of carboxylic acids is 1. The van der Waals surface area contributed by atoms with Gasteiger partial charge in [-0.2, -0.15) is 0 Å². The highest BCUT2D eigenvalue weighted by molar-refractivity contribution is 6.34. The summed E-state index contributed by atoms with van der Waals surface area (Å²) < 4.78 is 0. The van der Waals surface area contributed by atoms with Crippen molar-refractivity contribution in [3.05, 3.63) is 28.8 Å². The van der Waals surface area contributed by atoms with E-state index in [0.29, 0.717) is 16.6 Å². The van der Waals surface area contributed by atoms with Crippen molar-refractivity contribution in [3.8, 4) is 0 Å². The topological polar surface area (TPSA) is 40.5 Å². The lowest BCUT2D eigenvalue weighted by molar-refractivity contribution is 0.0697. The van der Waals surface area contributed by atoms with Gasteiger partial charge in [0.1, 0.15) is 0 Å². The summed E-state index contributed by atoms with van der Waals surface area (Å²) in [6.07, 6.45) is 3.75. The molecule has 1 aromatic carbocycles. The van der Waals surface area contributed by atoms with Crippen LogP contribution in [0.2, 0.25) is 5.02 Å². The van der Waals surface area contributed by atoms with Crippen LogP contribution in [0.15, 0.2) is 18.2 Å². The maximum atomic E-state index is 11.2. The van der Waals surface area contributed by atoms with Crippen molar-refractivity contribution in [2.75, 3.05) is 18.5 Å². The largest absolute Gasteiger partial charge is 0.478 e. The van der Waals surface area contributed by atoms with Crippen molar-refractivity contribution in [1.82, 2.24) is 0 Å². The van der Waals surface area contributed by atoms with Crippen LogP contribution in [0.1, 0.15) is 29.6 Å². The first kappa shape index (κ1) is 12.2. The quantitative estimate of drug-likeness (QED) is 0.895. The van der Waals surface area contributed by atoms with Gasteiger partial charge in [-0.1, -0.05) is 24.1 Å². The van der Waals surface area contributed by atoms with Gasteiger partial charge in [-0.05, 0) is 30.9 Å². The van der Waals surface area contributed by atoms with Crippen molar-refractivity contribution < 1.29 is 9.90 Å². The fourth-order valence-electron chi connectivity index (χ4n) is 2.23. The van der Waals surface area contributed by atoms with Crippen LogP contribution in [-0.2, 0) is 0 Å². The van der Waals surface area contributed by atoms with E-state index in [-0.39, 0.29) is 5.56 Å². The molecule has 17 heavy (non-hydrogen) atoms. The molecule has 0 spiro atoms. The zero-order chi connectivity index (χ0) is 12.4. The number of carboxylic acid groups (broad SMARTS) is 1. The molecule has 0 unspecified atom stereocenters. The standard InChI is InChI=1S/C13H16ClNO2/c1-15(8-9-4-2-5-9)12-10(13(16)17)6-3-7-11(12)14/h3,6-7,9H,2,4-5,8H2,1H3,(H,16,17). The smallest absolute Gasteiger partial charge is 0.337 e. The van der Waals surface area contributed by atoms with Crippen molar-refractivity contribution in [2.24, 2.45) is 5.92 Å². The highest BCUT2D eigenvalue weighted by Crippen LogP contribution is 2.33. The van der Waals surface area contributed by atoms with Crippen LogP contribution in [0.3, 0.4) is 0 Å². The van der Waals surface area contributed by atoms with E-state index in [1.165, 1.54) is 19.3 Å². The first-order valence-corrected chi connectivity index (χ1v) is 6.20. The molecule has 0 atom stereocenters. The average Bonchev–Trinajstić information content (AvgIpc) is 2.22. The van der Waals surface area contributed by atoms with Crippen LogP contribution in [0, 0.1) is 5.92 Å². The molecular formula is C13H16ClNO2. The Kier molecular flexibility index (Phi) is 3.57. The van der Waals surface area contributed by atoms with Crippen LogP contribution in [0.5, 0.6) is 0 Å². The lowest BCUT2D eigenvalue weighted by Crippen LogP contribution is -2.30. The Hall–Kier alpha value is -1.22. The Balaban J connectivity index is 2.25. The third kappa shape index (κ3) is 2.55. The summed E-state index contributed by atoms with van der Waals surface area (Å²) in [6.45, 7) is 0.879. The number of para-hydroxylation sites is 1. The van der Waals surface area contributed by atoms with Gasteiger partial charge in [0, 0.05) is 13.6 Å². The molecule has 0 bridgehead atoms. The van der Waals surface area contributed by atoms with Crippen LogP contribution in [0.4, 0.5) is 5.69 Å². The number of rotatable bonds is 4. The van der Waals surface area contributed by atoms with Gasteiger partial charge in [-0.25, -0.2) is 4.79 Å². The maximum Gasteiger partial charge on any atom is 0.337 e. The summed E-state index contributed by atoms with van der Waals surface area (Å²) in [5, 5.41) is 9.67. The molecule has 1 aliphatic carbocycles. The molecule has 0 saturated heterocycles. The number of halogens is 1. The molecule has 0 aromatic heterocycles. The second kappa shape index (κ2) is 4.96. The van der Waals surface area contributed by atoms with Gasteiger partial charge in [-0.3, -0.25) is 0 Å². The first-order chi connectivity index (χ1) is 8.09. The SMILES string of the molecule is CN(CC1CCC1)c1c(Cl)cccc1C(=O)O. The van der Waals surface area contributed by atoms with Crippen LogP contribution in [-0.4, -0.2) is 24.7 Å². The summed E-state index contributed by atoms with van der Waals surface area (Å²) in [6, 6.07) is 5.01. The summed E-state index contributed by atoms with van der Waals surface area (Å²) >= 11 is 6.11. The molecule has 1 saturated carbocycles. The monoisotopic (exact) mass is 253 g/mol. The second-order valence-electron chi connectivity index (χ2n) is 4.62. The van der Waals surface area contributed by atoms with E-state index < -0.39 is 5.97 Å². The third-order valence-electron chi connectivity index (χ3n) is 3.36. The minimum Gasteiger partial charge on any atom is -0.478 e. The van der Waals surface area contributed by atoms with E-state index in [4.69, 9.17) is 16.7 Å². The van der Waals surface area contributed by atoms with E-state index in [9.17, 15) is 4.79 Å². The fraction of sp³-hybridized carbons (Fsp3) is 0.462. The molecule has 4 heteroatoms. The summed E-state index contributed by atoms with van der Waals surface area (Å²) in [5.41, 5.74) is 0.910. The van der Waals surface area contributed by atoms with Crippen LogP contribution < -0.4 is 4.90 Å². The molecule has 1 aromatic rings. The number of anilines is 1. The molecule has 92 valence electrons. The Labute approximate surface area is 106 Å².